The van der Waals surface area contributed by atoms with Crippen LogP contribution in [0, 0.1) is 0 Å². The van der Waals surface area contributed by atoms with Gasteiger partial charge in [0.1, 0.15) is 0 Å². The highest BCUT2D eigenvalue weighted by atomic mass is 19.4. The monoisotopic (exact) mass is 354 g/mol. The predicted molar refractivity (Wildman–Crippen MR) is 88.0 cm³/mol. The van der Waals surface area contributed by atoms with E-state index >= 15 is 0 Å². The third kappa shape index (κ3) is 6.25. The Kier molecular flexibility index (Phi) is 6.61. The molecule has 0 spiro atoms. The Balaban J connectivity index is 1.71. The lowest BCUT2D eigenvalue weighted by Gasteiger charge is -2.13. The molecule has 0 saturated carbocycles. The zero-order valence-corrected chi connectivity index (χ0v) is 13.8. The quantitative estimate of drug-likeness (QED) is 0.769. The molecule has 0 unspecified atom stereocenters. The van der Waals surface area contributed by atoms with E-state index < -0.39 is 17.6 Å². The van der Waals surface area contributed by atoms with Crippen molar-refractivity contribution in [3.05, 3.63) is 47.0 Å². The number of nitrogens with one attached hydrogen (secondary N) is 2. The van der Waals surface area contributed by atoms with Crippen molar-refractivity contribution in [3.63, 3.8) is 0 Å². The molecule has 2 rings (SSSR count). The molecule has 0 bridgehead atoms. The van der Waals surface area contributed by atoms with Gasteiger partial charge < -0.3 is 10.6 Å². The molecule has 7 heteroatoms. The van der Waals surface area contributed by atoms with Gasteiger partial charge in [-0.1, -0.05) is 11.6 Å². The smallest absolute Gasteiger partial charge is 0.354 e. The Morgan fingerprint density at radius 2 is 1.76 bits per heavy atom. The van der Waals surface area contributed by atoms with E-state index in [1.165, 1.54) is 18.4 Å². The molecule has 0 aromatic heterocycles. The van der Waals surface area contributed by atoms with E-state index in [9.17, 15) is 22.8 Å². The fourth-order valence-corrected chi connectivity index (χ4v) is 2.63. The van der Waals surface area contributed by atoms with Gasteiger partial charge in [-0.2, -0.15) is 13.2 Å². The third-order valence-corrected chi connectivity index (χ3v) is 4.04. The Bertz CT molecular complexity index is 637. The fourth-order valence-electron chi connectivity index (χ4n) is 2.63. The van der Waals surface area contributed by atoms with Crippen molar-refractivity contribution in [2.24, 2.45) is 0 Å². The van der Waals surface area contributed by atoms with Crippen LogP contribution in [0.3, 0.4) is 0 Å². The molecular weight excluding hydrogens is 333 g/mol. The zero-order chi connectivity index (χ0) is 18.3. The van der Waals surface area contributed by atoms with Gasteiger partial charge in [-0.3, -0.25) is 9.59 Å². The Morgan fingerprint density at radius 3 is 2.36 bits per heavy atom. The molecule has 0 atom stereocenters. The molecule has 0 saturated heterocycles. The van der Waals surface area contributed by atoms with Gasteiger partial charge in [-0.05, 0) is 56.4 Å². The van der Waals surface area contributed by atoms with Crippen LogP contribution in [0.25, 0.3) is 0 Å². The molecule has 1 aromatic carbocycles. The molecule has 0 radical (unpaired) electrons. The van der Waals surface area contributed by atoms with Crippen molar-refractivity contribution in [3.8, 4) is 0 Å². The average Bonchev–Trinajstić information content (AvgIpc) is 2.60. The van der Waals surface area contributed by atoms with E-state index in [0.717, 1.165) is 43.5 Å². The first-order valence-electron chi connectivity index (χ1n) is 8.26. The van der Waals surface area contributed by atoms with E-state index in [1.54, 1.807) is 0 Å². The number of benzene rings is 1. The first-order valence-corrected chi connectivity index (χ1v) is 8.26. The Hall–Kier alpha value is -2.31. The lowest BCUT2D eigenvalue weighted by atomic mass is 9.97. The lowest BCUT2D eigenvalue weighted by Crippen LogP contribution is -2.37. The van der Waals surface area contributed by atoms with Gasteiger partial charge in [0.2, 0.25) is 5.91 Å². The van der Waals surface area contributed by atoms with Gasteiger partial charge in [0.15, 0.2) is 0 Å². The van der Waals surface area contributed by atoms with Crippen LogP contribution in [0.15, 0.2) is 35.9 Å². The van der Waals surface area contributed by atoms with E-state index in [1.807, 2.05) is 0 Å². The first kappa shape index (κ1) is 19.0. The topological polar surface area (TPSA) is 58.2 Å². The maximum atomic E-state index is 12.5. The van der Waals surface area contributed by atoms with Crippen LogP contribution < -0.4 is 10.6 Å². The molecule has 0 fully saturated rings. The van der Waals surface area contributed by atoms with Crippen molar-refractivity contribution in [2.45, 2.75) is 38.3 Å². The van der Waals surface area contributed by atoms with Crippen molar-refractivity contribution in [1.29, 1.82) is 0 Å². The number of hydrogen-bond donors (Lipinski definition) is 2. The van der Waals surface area contributed by atoms with Gasteiger partial charge in [0.25, 0.3) is 5.91 Å². The molecule has 1 aromatic rings. The SMILES string of the molecule is O=C(CNC(=O)c1ccc(C(F)(F)F)cc1)NCCC1=CCCCC1. The molecule has 1 aliphatic rings. The van der Waals surface area contributed by atoms with E-state index in [4.69, 9.17) is 0 Å². The van der Waals surface area contributed by atoms with Crippen molar-refractivity contribution in [1.82, 2.24) is 10.6 Å². The zero-order valence-electron chi connectivity index (χ0n) is 13.8. The molecular formula is C18H21F3N2O2. The number of carbonyl (C=O) groups excluding carboxylic acids is 2. The minimum absolute atomic E-state index is 0.0770. The summed E-state index contributed by atoms with van der Waals surface area (Å²) in [5.41, 5.74) is 0.604. The largest absolute Gasteiger partial charge is 0.416 e. The van der Waals surface area contributed by atoms with Crippen LogP contribution in [-0.4, -0.2) is 24.9 Å². The van der Waals surface area contributed by atoms with E-state index in [0.29, 0.717) is 6.54 Å². The highest BCUT2D eigenvalue weighted by Crippen LogP contribution is 2.29. The Labute approximate surface area is 144 Å². The third-order valence-electron chi connectivity index (χ3n) is 4.04. The predicted octanol–water partition coefficient (Wildman–Crippen LogP) is 3.44. The number of halogens is 3. The minimum atomic E-state index is -4.44. The van der Waals surface area contributed by atoms with Crippen molar-refractivity contribution < 1.29 is 22.8 Å². The second-order valence-corrected chi connectivity index (χ2v) is 5.97. The molecule has 25 heavy (non-hydrogen) atoms. The average molecular weight is 354 g/mol. The normalized spacial score (nSPS) is 14.6. The molecule has 0 heterocycles. The molecule has 1 aliphatic carbocycles. The van der Waals surface area contributed by atoms with Crippen LogP contribution in [0.4, 0.5) is 13.2 Å². The van der Waals surface area contributed by atoms with E-state index in [2.05, 4.69) is 16.7 Å². The minimum Gasteiger partial charge on any atom is -0.354 e. The summed E-state index contributed by atoms with van der Waals surface area (Å²) in [7, 11) is 0. The number of amides is 2. The molecule has 2 N–H and O–H groups in total. The highest BCUT2D eigenvalue weighted by Gasteiger charge is 2.30. The summed E-state index contributed by atoms with van der Waals surface area (Å²) in [5, 5.41) is 5.12. The van der Waals surface area contributed by atoms with Gasteiger partial charge in [-0.15, -0.1) is 0 Å². The van der Waals surface area contributed by atoms with Gasteiger partial charge >= 0.3 is 6.18 Å². The summed E-state index contributed by atoms with van der Waals surface area (Å²) < 4.78 is 37.4. The number of carbonyl (C=O) groups is 2. The molecule has 136 valence electrons. The van der Waals surface area contributed by atoms with Crippen LogP contribution in [0.2, 0.25) is 0 Å². The maximum absolute atomic E-state index is 12.5. The van der Waals surface area contributed by atoms with Crippen LogP contribution in [0.1, 0.15) is 48.0 Å². The molecule has 0 aliphatic heterocycles. The van der Waals surface area contributed by atoms with Crippen LogP contribution >= 0.6 is 0 Å². The molecule has 2 amide bonds. The molecule has 4 nitrogen and oxygen atoms in total. The number of rotatable bonds is 6. The van der Waals surface area contributed by atoms with Gasteiger partial charge in [-0.25, -0.2) is 0 Å². The van der Waals surface area contributed by atoms with E-state index in [-0.39, 0.29) is 18.0 Å². The lowest BCUT2D eigenvalue weighted by molar-refractivity contribution is -0.137. The van der Waals surface area contributed by atoms with Crippen molar-refractivity contribution in [2.75, 3.05) is 13.1 Å². The summed E-state index contributed by atoms with van der Waals surface area (Å²) in [4.78, 5) is 23.6. The number of allylic oxidation sites excluding steroid dienone is 1. The summed E-state index contributed by atoms with van der Waals surface area (Å²) in [5.74, 6) is -0.907. The van der Waals surface area contributed by atoms with Gasteiger partial charge in [0.05, 0.1) is 12.1 Å². The van der Waals surface area contributed by atoms with Crippen LogP contribution in [0.5, 0.6) is 0 Å². The summed E-state index contributed by atoms with van der Waals surface area (Å²) in [6, 6.07) is 3.86. The number of alkyl halides is 3. The summed E-state index contributed by atoms with van der Waals surface area (Å²) >= 11 is 0. The standard InChI is InChI=1S/C18H21F3N2O2/c19-18(20,21)15-8-6-14(7-9-15)17(25)23-12-16(24)22-11-10-13-4-2-1-3-5-13/h4,6-9H,1-3,5,10-12H2,(H,22,24)(H,23,25). The summed E-state index contributed by atoms with van der Waals surface area (Å²) in [6.45, 7) is 0.305. The number of hydrogen-bond acceptors (Lipinski definition) is 2. The maximum Gasteiger partial charge on any atom is 0.416 e. The fraction of sp³-hybridized carbons (Fsp3) is 0.444. The first-order chi connectivity index (χ1) is 11.9. The van der Waals surface area contributed by atoms with Crippen LogP contribution in [-0.2, 0) is 11.0 Å². The Morgan fingerprint density at radius 1 is 1.04 bits per heavy atom. The highest BCUT2D eigenvalue weighted by molar-refractivity contribution is 5.96. The van der Waals surface area contributed by atoms with Crippen molar-refractivity contribution >= 4 is 11.8 Å². The van der Waals surface area contributed by atoms with Gasteiger partial charge in [0, 0.05) is 12.1 Å². The second-order valence-electron chi connectivity index (χ2n) is 5.97. The summed E-state index contributed by atoms with van der Waals surface area (Å²) in [6.07, 6.45) is 3.13. The second kappa shape index (κ2) is 8.69.